The Kier molecular flexibility index (Phi) is 3.64. The van der Waals surface area contributed by atoms with Crippen LogP contribution in [0.15, 0.2) is 41.3 Å². The third kappa shape index (κ3) is 2.65. The minimum Gasteiger partial charge on any atom is -0.359 e. The van der Waals surface area contributed by atoms with E-state index >= 15 is 0 Å². The summed E-state index contributed by atoms with van der Waals surface area (Å²) in [6.07, 6.45) is 4.29. The molecular formula is C14H14BrN5. The lowest BCUT2D eigenvalue weighted by Crippen LogP contribution is -2.21. The van der Waals surface area contributed by atoms with Crippen LogP contribution in [0.3, 0.4) is 0 Å². The van der Waals surface area contributed by atoms with Crippen LogP contribution >= 0.6 is 15.9 Å². The van der Waals surface area contributed by atoms with Gasteiger partial charge in [-0.15, -0.1) is 0 Å². The highest BCUT2D eigenvalue weighted by Crippen LogP contribution is 2.20. The Bertz CT molecular complexity index is 707. The summed E-state index contributed by atoms with van der Waals surface area (Å²) in [6, 6.07) is 8.39. The molecule has 0 unspecified atom stereocenters. The number of aromatic nitrogens is 4. The largest absolute Gasteiger partial charge is 0.359 e. The molecule has 1 aromatic carbocycles. The minimum absolute atomic E-state index is 0.769. The number of rotatable bonds is 4. The summed E-state index contributed by atoms with van der Waals surface area (Å²) in [5, 5.41) is 7.82. The number of hydrogen-bond acceptors (Lipinski definition) is 4. The van der Waals surface area contributed by atoms with E-state index in [0.29, 0.717) is 0 Å². The maximum atomic E-state index is 4.35. The average molecular weight is 332 g/mol. The Morgan fingerprint density at radius 2 is 2.00 bits per heavy atom. The van der Waals surface area contributed by atoms with E-state index in [4.69, 9.17) is 0 Å². The molecule has 0 aliphatic heterocycles. The van der Waals surface area contributed by atoms with Gasteiger partial charge in [-0.2, -0.15) is 5.10 Å². The molecule has 0 aliphatic carbocycles. The molecule has 0 spiro atoms. The SMILES string of the molecule is CN(CCc1ccc(Br)cc1)c1ncnc2[nH]ncc12. The fraction of sp³-hybridized carbons (Fsp3) is 0.214. The number of anilines is 1. The van der Waals surface area contributed by atoms with Gasteiger partial charge in [0.25, 0.3) is 0 Å². The predicted octanol–water partition coefficient (Wildman–Crippen LogP) is 2.79. The molecule has 3 aromatic rings. The first-order chi connectivity index (χ1) is 9.74. The van der Waals surface area contributed by atoms with Gasteiger partial charge in [0, 0.05) is 18.1 Å². The molecule has 6 heteroatoms. The molecule has 2 heterocycles. The molecule has 0 atom stereocenters. The fourth-order valence-corrected chi connectivity index (χ4v) is 2.37. The third-order valence-electron chi connectivity index (χ3n) is 3.24. The molecular weight excluding hydrogens is 318 g/mol. The molecule has 20 heavy (non-hydrogen) atoms. The van der Waals surface area contributed by atoms with Crippen LogP contribution in [0.5, 0.6) is 0 Å². The number of hydrogen-bond donors (Lipinski definition) is 1. The Balaban J connectivity index is 1.74. The second-order valence-electron chi connectivity index (χ2n) is 4.63. The monoisotopic (exact) mass is 331 g/mol. The molecule has 0 bridgehead atoms. The molecule has 0 aliphatic rings. The lowest BCUT2D eigenvalue weighted by Gasteiger charge is -2.18. The second-order valence-corrected chi connectivity index (χ2v) is 5.54. The molecule has 0 radical (unpaired) electrons. The van der Waals surface area contributed by atoms with Crippen LogP contribution in [-0.2, 0) is 6.42 Å². The summed E-state index contributed by atoms with van der Waals surface area (Å²) in [5.41, 5.74) is 2.07. The van der Waals surface area contributed by atoms with Crippen molar-refractivity contribution in [1.29, 1.82) is 0 Å². The molecule has 0 amide bonds. The average Bonchev–Trinajstić information content (AvgIpc) is 2.94. The smallest absolute Gasteiger partial charge is 0.160 e. The van der Waals surface area contributed by atoms with Gasteiger partial charge in [-0.1, -0.05) is 28.1 Å². The van der Waals surface area contributed by atoms with E-state index in [1.807, 2.05) is 7.05 Å². The van der Waals surface area contributed by atoms with Crippen molar-refractivity contribution < 1.29 is 0 Å². The van der Waals surface area contributed by atoms with Crippen LogP contribution < -0.4 is 4.90 Å². The van der Waals surface area contributed by atoms with Crippen molar-refractivity contribution in [3.63, 3.8) is 0 Å². The first-order valence-electron chi connectivity index (χ1n) is 6.34. The van der Waals surface area contributed by atoms with Crippen molar-refractivity contribution >= 4 is 32.8 Å². The summed E-state index contributed by atoms with van der Waals surface area (Å²) < 4.78 is 1.10. The zero-order chi connectivity index (χ0) is 13.9. The highest BCUT2D eigenvalue weighted by atomic mass is 79.9. The van der Waals surface area contributed by atoms with E-state index in [1.54, 1.807) is 12.5 Å². The highest BCUT2D eigenvalue weighted by molar-refractivity contribution is 9.10. The number of aromatic amines is 1. The second kappa shape index (κ2) is 5.58. The van der Waals surface area contributed by atoms with Gasteiger partial charge in [0.2, 0.25) is 0 Å². The number of H-pyrrole nitrogens is 1. The summed E-state index contributed by atoms with van der Waals surface area (Å²) in [6.45, 7) is 0.888. The molecule has 2 aromatic heterocycles. The maximum Gasteiger partial charge on any atom is 0.160 e. The maximum absolute atomic E-state index is 4.35. The topological polar surface area (TPSA) is 57.7 Å². The number of likely N-dealkylation sites (N-methyl/N-ethyl adjacent to an activating group) is 1. The normalized spacial score (nSPS) is 10.9. The Morgan fingerprint density at radius 1 is 1.20 bits per heavy atom. The minimum atomic E-state index is 0.769. The summed E-state index contributed by atoms with van der Waals surface area (Å²) in [5.74, 6) is 0.904. The van der Waals surface area contributed by atoms with E-state index in [0.717, 1.165) is 34.3 Å². The van der Waals surface area contributed by atoms with E-state index in [1.165, 1.54) is 5.56 Å². The summed E-state index contributed by atoms with van der Waals surface area (Å²) in [4.78, 5) is 10.6. The van der Waals surface area contributed by atoms with Gasteiger partial charge in [0.15, 0.2) is 5.65 Å². The van der Waals surface area contributed by atoms with Crippen molar-refractivity contribution in [2.75, 3.05) is 18.5 Å². The van der Waals surface area contributed by atoms with Gasteiger partial charge in [0.05, 0.1) is 11.6 Å². The van der Waals surface area contributed by atoms with Crippen molar-refractivity contribution in [3.05, 3.63) is 46.8 Å². The highest BCUT2D eigenvalue weighted by Gasteiger charge is 2.09. The number of benzene rings is 1. The van der Waals surface area contributed by atoms with Crippen LogP contribution in [-0.4, -0.2) is 33.8 Å². The van der Waals surface area contributed by atoms with Crippen LogP contribution in [0.25, 0.3) is 11.0 Å². The first kappa shape index (κ1) is 13.1. The van der Waals surface area contributed by atoms with Crippen LogP contribution in [0.4, 0.5) is 5.82 Å². The van der Waals surface area contributed by atoms with E-state index in [-0.39, 0.29) is 0 Å². The molecule has 3 rings (SSSR count). The first-order valence-corrected chi connectivity index (χ1v) is 7.13. The van der Waals surface area contributed by atoms with Crippen molar-refractivity contribution in [2.45, 2.75) is 6.42 Å². The van der Waals surface area contributed by atoms with Crippen molar-refractivity contribution in [1.82, 2.24) is 20.2 Å². The van der Waals surface area contributed by atoms with Gasteiger partial charge in [-0.05, 0) is 24.1 Å². The molecule has 0 saturated heterocycles. The third-order valence-corrected chi connectivity index (χ3v) is 3.77. The Hall–Kier alpha value is -1.95. The lowest BCUT2D eigenvalue weighted by atomic mass is 10.1. The van der Waals surface area contributed by atoms with Gasteiger partial charge < -0.3 is 4.90 Å². The van der Waals surface area contributed by atoms with Crippen LogP contribution in [0, 0.1) is 0 Å². The molecule has 0 saturated carbocycles. The number of nitrogens with one attached hydrogen (secondary N) is 1. The zero-order valence-electron chi connectivity index (χ0n) is 11.0. The summed E-state index contributed by atoms with van der Waals surface area (Å²) in [7, 11) is 2.04. The van der Waals surface area contributed by atoms with Crippen molar-refractivity contribution in [2.24, 2.45) is 0 Å². The van der Waals surface area contributed by atoms with Crippen LogP contribution in [0.1, 0.15) is 5.56 Å². The number of nitrogens with zero attached hydrogens (tertiary/aromatic N) is 4. The lowest BCUT2D eigenvalue weighted by molar-refractivity contribution is 0.862. The Morgan fingerprint density at radius 3 is 2.80 bits per heavy atom. The number of fused-ring (bicyclic) bond motifs is 1. The van der Waals surface area contributed by atoms with Gasteiger partial charge >= 0.3 is 0 Å². The zero-order valence-corrected chi connectivity index (χ0v) is 12.6. The molecule has 102 valence electrons. The molecule has 1 N–H and O–H groups in total. The van der Waals surface area contributed by atoms with E-state index in [2.05, 4.69) is 65.3 Å². The quantitative estimate of drug-likeness (QED) is 0.798. The number of halogens is 1. The molecule has 5 nitrogen and oxygen atoms in total. The van der Waals surface area contributed by atoms with Gasteiger partial charge in [0.1, 0.15) is 12.1 Å². The Labute approximate surface area is 125 Å². The van der Waals surface area contributed by atoms with Crippen molar-refractivity contribution in [3.8, 4) is 0 Å². The van der Waals surface area contributed by atoms with Gasteiger partial charge in [-0.25, -0.2) is 9.97 Å². The van der Waals surface area contributed by atoms with Gasteiger partial charge in [-0.3, -0.25) is 5.10 Å². The molecule has 0 fully saturated rings. The van der Waals surface area contributed by atoms with E-state index < -0.39 is 0 Å². The fourth-order valence-electron chi connectivity index (χ4n) is 2.11. The van der Waals surface area contributed by atoms with E-state index in [9.17, 15) is 0 Å². The predicted molar refractivity (Wildman–Crippen MR) is 82.8 cm³/mol. The summed E-state index contributed by atoms with van der Waals surface area (Å²) >= 11 is 3.45. The standard InChI is InChI=1S/C14H14BrN5/c1-20(7-6-10-2-4-11(15)5-3-10)14-12-8-18-19-13(12)16-9-17-14/h2-5,8-9H,6-7H2,1H3,(H,16,17,18,19). The van der Waals surface area contributed by atoms with Crippen LogP contribution in [0.2, 0.25) is 0 Å².